The van der Waals surface area contributed by atoms with E-state index in [1.165, 1.54) is 6.07 Å². The Morgan fingerprint density at radius 2 is 1.69 bits per heavy atom. The van der Waals surface area contributed by atoms with Crippen molar-refractivity contribution in [3.05, 3.63) is 48.3 Å². The van der Waals surface area contributed by atoms with Crippen LogP contribution in [-0.2, 0) is 0 Å². The average molecular weight is 240 g/mol. The van der Waals surface area contributed by atoms with Gasteiger partial charge in [0.05, 0.1) is 5.69 Å². The zero-order valence-corrected chi connectivity index (χ0v) is 9.17. The van der Waals surface area contributed by atoms with Gasteiger partial charge in [-0.1, -0.05) is 30.3 Å². The highest BCUT2D eigenvalue weighted by molar-refractivity contribution is 5.85. The first-order valence-electron chi connectivity index (χ1n) is 4.52. The SMILES string of the molecule is Cl.Nc1cc(-c2ccccc2)c(O)cc1F. The molecule has 3 N–H and O–H groups in total. The van der Waals surface area contributed by atoms with Crippen molar-refractivity contribution in [3.8, 4) is 16.9 Å². The van der Waals surface area contributed by atoms with Crippen LogP contribution in [0.2, 0.25) is 0 Å². The van der Waals surface area contributed by atoms with Crippen molar-refractivity contribution in [2.24, 2.45) is 0 Å². The molecule has 2 aromatic rings. The van der Waals surface area contributed by atoms with E-state index in [2.05, 4.69) is 0 Å². The molecule has 2 nitrogen and oxygen atoms in total. The van der Waals surface area contributed by atoms with Gasteiger partial charge in [0.2, 0.25) is 0 Å². The maximum absolute atomic E-state index is 13.0. The molecule has 0 atom stereocenters. The lowest BCUT2D eigenvalue weighted by Gasteiger charge is -2.06. The third kappa shape index (κ3) is 2.25. The number of benzene rings is 2. The molecule has 16 heavy (non-hydrogen) atoms. The quantitative estimate of drug-likeness (QED) is 0.593. The van der Waals surface area contributed by atoms with Gasteiger partial charge in [-0.15, -0.1) is 12.4 Å². The van der Waals surface area contributed by atoms with Crippen LogP contribution in [0.15, 0.2) is 42.5 Å². The van der Waals surface area contributed by atoms with Gasteiger partial charge in [-0.05, 0) is 11.6 Å². The third-order valence-electron chi connectivity index (χ3n) is 2.20. The summed E-state index contributed by atoms with van der Waals surface area (Å²) in [6.45, 7) is 0. The maximum atomic E-state index is 13.0. The van der Waals surface area contributed by atoms with E-state index in [0.29, 0.717) is 5.56 Å². The predicted molar refractivity (Wildman–Crippen MR) is 65.2 cm³/mol. The second kappa shape index (κ2) is 4.86. The number of phenolic OH excluding ortho intramolecular Hbond substituents is 1. The lowest BCUT2D eigenvalue weighted by atomic mass is 10.0. The van der Waals surface area contributed by atoms with Gasteiger partial charge in [-0.2, -0.15) is 0 Å². The Bertz CT molecular complexity index is 488. The Morgan fingerprint density at radius 3 is 2.31 bits per heavy atom. The van der Waals surface area contributed by atoms with E-state index in [1.54, 1.807) is 0 Å². The second-order valence-electron chi connectivity index (χ2n) is 3.26. The summed E-state index contributed by atoms with van der Waals surface area (Å²) < 4.78 is 13.0. The van der Waals surface area contributed by atoms with Crippen molar-refractivity contribution < 1.29 is 9.50 Å². The fraction of sp³-hybridized carbons (Fsp3) is 0. The molecular weight excluding hydrogens is 229 g/mol. The first kappa shape index (κ1) is 12.3. The Kier molecular flexibility index (Phi) is 3.74. The van der Waals surface area contributed by atoms with Gasteiger partial charge in [0.15, 0.2) is 0 Å². The Morgan fingerprint density at radius 1 is 1.06 bits per heavy atom. The molecule has 0 spiro atoms. The summed E-state index contributed by atoms with van der Waals surface area (Å²) in [4.78, 5) is 0. The van der Waals surface area contributed by atoms with Crippen LogP contribution in [0.25, 0.3) is 11.1 Å². The zero-order chi connectivity index (χ0) is 10.8. The molecule has 0 aliphatic carbocycles. The smallest absolute Gasteiger partial charge is 0.149 e. The van der Waals surface area contributed by atoms with Crippen molar-refractivity contribution in [2.75, 3.05) is 5.73 Å². The van der Waals surface area contributed by atoms with E-state index in [-0.39, 0.29) is 23.8 Å². The van der Waals surface area contributed by atoms with E-state index in [0.717, 1.165) is 11.6 Å². The standard InChI is InChI=1S/C12H10FNO.ClH/c13-10-7-12(15)9(6-11(10)14)8-4-2-1-3-5-8;/h1-7,15H,14H2;1H. The van der Waals surface area contributed by atoms with E-state index in [9.17, 15) is 9.50 Å². The normalized spacial score (nSPS) is 9.56. The number of hydrogen-bond donors (Lipinski definition) is 2. The van der Waals surface area contributed by atoms with E-state index >= 15 is 0 Å². The summed E-state index contributed by atoms with van der Waals surface area (Å²) in [5, 5.41) is 9.57. The number of nitrogen functional groups attached to an aromatic ring is 1. The highest BCUT2D eigenvalue weighted by atomic mass is 35.5. The average Bonchev–Trinajstić information content (AvgIpc) is 2.25. The molecular formula is C12H11ClFNO. The minimum absolute atomic E-state index is 0. The lowest BCUT2D eigenvalue weighted by Crippen LogP contribution is -1.91. The molecule has 0 amide bonds. The zero-order valence-electron chi connectivity index (χ0n) is 8.35. The van der Waals surface area contributed by atoms with Crippen LogP contribution in [0.4, 0.5) is 10.1 Å². The van der Waals surface area contributed by atoms with Gasteiger partial charge in [0, 0.05) is 11.6 Å². The summed E-state index contributed by atoms with van der Waals surface area (Å²) in [5.74, 6) is -0.708. The Hall–Kier alpha value is -1.74. The van der Waals surface area contributed by atoms with E-state index in [4.69, 9.17) is 5.73 Å². The van der Waals surface area contributed by atoms with Crippen LogP contribution in [0.5, 0.6) is 5.75 Å². The number of nitrogens with two attached hydrogens (primary N) is 1. The third-order valence-corrected chi connectivity index (χ3v) is 2.20. The number of halogens is 2. The number of phenols is 1. The largest absolute Gasteiger partial charge is 0.507 e. The first-order valence-corrected chi connectivity index (χ1v) is 4.52. The maximum Gasteiger partial charge on any atom is 0.149 e. The Balaban J connectivity index is 0.00000128. The summed E-state index contributed by atoms with van der Waals surface area (Å²) in [7, 11) is 0. The summed E-state index contributed by atoms with van der Waals surface area (Å²) in [5.41, 5.74) is 6.82. The Labute approximate surface area is 98.9 Å². The molecule has 4 heteroatoms. The summed E-state index contributed by atoms with van der Waals surface area (Å²) >= 11 is 0. The molecule has 0 saturated heterocycles. The molecule has 0 saturated carbocycles. The number of aromatic hydroxyl groups is 1. The monoisotopic (exact) mass is 239 g/mol. The van der Waals surface area contributed by atoms with Gasteiger partial charge in [-0.25, -0.2) is 4.39 Å². The molecule has 0 radical (unpaired) electrons. The van der Waals surface area contributed by atoms with Crippen molar-refractivity contribution in [3.63, 3.8) is 0 Å². The predicted octanol–water partition coefficient (Wildman–Crippen LogP) is 3.20. The molecule has 0 bridgehead atoms. The molecule has 0 unspecified atom stereocenters. The minimum Gasteiger partial charge on any atom is -0.507 e. The van der Waals surface area contributed by atoms with Gasteiger partial charge < -0.3 is 10.8 Å². The molecule has 84 valence electrons. The molecule has 0 aromatic heterocycles. The highest BCUT2D eigenvalue weighted by Crippen LogP contribution is 2.32. The van der Waals surface area contributed by atoms with Crippen LogP contribution in [-0.4, -0.2) is 5.11 Å². The molecule has 0 aliphatic rings. The second-order valence-corrected chi connectivity index (χ2v) is 3.26. The molecule has 2 aromatic carbocycles. The molecule has 0 fully saturated rings. The number of anilines is 1. The molecule has 0 aliphatic heterocycles. The van der Waals surface area contributed by atoms with Crippen LogP contribution in [0.3, 0.4) is 0 Å². The minimum atomic E-state index is -0.604. The van der Waals surface area contributed by atoms with Crippen molar-refractivity contribution in [2.45, 2.75) is 0 Å². The topological polar surface area (TPSA) is 46.2 Å². The molecule has 2 rings (SSSR count). The van der Waals surface area contributed by atoms with Crippen molar-refractivity contribution in [1.29, 1.82) is 0 Å². The summed E-state index contributed by atoms with van der Waals surface area (Å²) in [6, 6.07) is 11.7. The van der Waals surface area contributed by atoms with Gasteiger partial charge >= 0.3 is 0 Å². The van der Waals surface area contributed by atoms with E-state index < -0.39 is 5.82 Å². The fourth-order valence-corrected chi connectivity index (χ4v) is 1.43. The van der Waals surface area contributed by atoms with Crippen molar-refractivity contribution >= 4 is 18.1 Å². The fourth-order valence-electron chi connectivity index (χ4n) is 1.43. The number of hydrogen-bond acceptors (Lipinski definition) is 2. The van der Waals surface area contributed by atoms with Gasteiger partial charge in [-0.3, -0.25) is 0 Å². The number of rotatable bonds is 1. The lowest BCUT2D eigenvalue weighted by molar-refractivity contribution is 0.471. The van der Waals surface area contributed by atoms with Crippen LogP contribution >= 0.6 is 12.4 Å². The van der Waals surface area contributed by atoms with Crippen LogP contribution < -0.4 is 5.73 Å². The van der Waals surface area contributed by atoms with Crippen molar-refractivity contribution in [1.82, 2.24) is 0 Å². The van der Waals surface area contributed by atoms with Gasteiger partial charge in [0.25, 0.3) is 0 Å². The molecule has 0 heterocycles. The van der Waals surface area contributed by atoms with E-state index in [1.807, 2.05) is 30.3 Å². The van der Waals surface area contributed by atoms with Crippen LogP contribution in [0.1, 0.15) is 0 Å². The van der Waals surface area contributed by atoms with Gasteiger partial charge in [0.1, 0.15) is 11.6 Å². The first-order chi connectivity index (χ1) is 7.18. The highest BCUT2D eigenvalue weighted by Gasteiger charge is 2.08. The van der Waals surface area contributed by atoms with Crippen LogP contribution in [0, 0.1) is 5.82 Å². The summed E-state index contributed by atoms with van der Waals surface area (Å²) in [6.07, 6.45) is 0.